The molecule has 1 aromatic carbocycles. The lowest BCUT2D eigenvalue weighted by Gasteiger charge is -2.19. The first-order valence-corrected chi connectivity index (χ1v) is 9.01. The molecule has 0 spiro atoms. The fourth-order valence-electron chi connectivity index (χ4n) is 3.16. The molecule has 1 aliphatic carbocycles. The summed E-state index contributed by atoms with van der Waals surface area (Å²) in [5.41, 5.74) is -3.75. The highest BCUT2D eigenvalue weighted by Gasteiger charge is 2.68. The Morgan fingerprint density at radius 2 is 1.97 bits per heavy atom. The maximum absolute atomic E-state index is 13.3. The van der Waals surface area contributed by atoms with Crippen LogP contribution in [0.5, 0.6) is 5.75 Å². The number of rotatable bonds is 7. The van der Waals surface area contributed by atoms with Gasteiger partial charge in [-0.15, -0.1) is 0 Å². The van der Waals surface area contributed by atoms with Crippen LogP contribution in [0.1, 0.15) is 40.6 Å². The molecule has 30 heavy (non-hydrogen) atoms. The second-order valence-electron chi connectivity index (χ2n) is 6.63. The summed E-state index contributed by atoms with van der Waals surface area (Å²) in [4.78, 5) is 23.7. The van der Waals surface area contributed by atoms with E-state index in [0.29, 0.717) is 0 Å². The summed E-state index contributed by atoms with van der Waals surface area (Å²) in [6.45, 7) is -1.67. The number of ketones is 1. The first-order valence-electron chi connectivity index (χ1n) is 8.63. The van der Waals surface area contributed by atoms with E-state index in [0.717, 1.165) is 22.9 Å². The third-order valence-electron chi connectivity index (χ3n) is 4.84. The van der Waals surface area contributed by atoms with E-state index >= 15 is 0 Å². The minimum atomic E-state index is -4.77. The Balaban J connectivity index is 2.14. The molecule has 0 saturated heterocycles. The molecule has 0 atom stereocenters. The molecular weight excluding hydrogens is 439 g/mol. The Bertz CT molecular complexity index is 1010. The lowest BCUT2D eigenvalue weighted by molar-refractivity contribution is -0.171. The third kappa shape index (κ3) is 3.62. The van der Waals surface area contributed by atoms with Crippen molar-refractivity contribution in [3.8, 4) is 17.0 Å². The lowest BCUT2D eigenvalue weighted by atomic mass is 9.93. The molecule has 2 aromatic rings. The molecule has 1 N–H and O–H groups in total. The van der Waals surface area contributed by atoms with E-state index in [-0.39, 0.29) is 22.8 Å². The molecule has 6 nitrogen and oxygen atoms in total. The number of hydrogen-bond donors (Lipinski definition) is 1. The normalized spacial score (nSPS) is 15.3. The number of aromatic carboxylic acids is 1. The van der Waals surface area contributed by atoms with Crippen LogP contribution in [0, 0.1) is 5.41 Å². The van der Waals surface area contributed by atoms with Crippen LogP contribution in [0.15, 0.2) is 18.2 Å². The predicted molar refractivity (Wildman–Crippen MR) is 94.0 cm³/mol. The Morgan fingerprint density at radius 3 is 2.43 bits per heavy atom. The first-order chi connectivity index (χ1) is 13.9. The van der Waals surface area contributed by atoms with Crippen molar-refractivity contribution in [3.63, 3.8) is 0 Å². The van der Waals surface area contributed by atoms with Crippen molar-refractivity contribution in [2.75, 3.05) is 0 Å². The standard InChI is InChI=1S/C18H14ClF5N2O4/c1-2-26-13(11(19)12(25-26)15(28)29)9-4-3-8(7-10(9)30-16(20)21)14(27)17(5-6-17)18(22,23)24/h3-4,7,16H,2,5-6H2,1H3,(H,28,29). The Kier molecular flexibility index (Phi) is 5.52. The van der Waals surface area contributed by atoms with Gasteiger partial charge in [-0.3, -0.25) is 9.48 Å². The summed E-state index contributed by atoms with van der Waals surface area (Å²) in [5.74, 6) is -3.33. The predicted octanol–water partition coefficient (Wildman–Crippen LogP) is 5.05. The summed E-state index contributed by atoms with van der Waals surface area (Å²) < 4.78 is 71.3. The second kappa shape index (κ2) is 7.53. The van der Waals surface area contributed by atoms with Crippen molar-refractivity contribution in [3.05, 3.63) is 34.5 Å². The van der Waals surface area contributed by atoms with Crippen LogP contribution in [0.4, 0.5) is 22.0 Å². The van der Waals surface area contributed by atoms with Crippen molar-refractivity contribution in [1.82, 2.24) is 9.78 Å². The van der Waals surface area contributed by atoms with Crippen LogP contribution in [0.25, 0.3) is 11.3 Å². The van der Waals surface area contributed by atoms with Crippen LogP contribution < -0.4 is 4.74 Å². The van der Waals surface area contributed by atoms with E-state index in [1.165, 1.54) is 0 Å². The highest BCUT2D eigenvalue weighted by molar-refractivity contribution is 6.35. The largest absolute Gasteiger partial charge is 0.476 e. The number of aromatic nitrogens is 2. The zero-order valence-corrected chi connectivity index (χ0v) is 16.0. The Labute approximate surface area is 171 Å². The molecule has 0 aliphatic heterocycles. The third-order valence-corrected chi connectivity index (χ3v) is 5.20. The van der Waals surface area contributed by atoms with Gasteiger partial charge in [-0.05, 0) is 31.9 Å². The van der Waals surface area contributed by atoms with Gasteiger partial charge in [0.05, 0.1) is 5.69 Å². The van der Waals surface area contributed by atoms with Gasteiger partial charge in [0.15, 0.2) is 11.5 Å². The number of carboxylic acid groups (broad SMARTS) is 1. The molecule has 1 aliphatic rings. The van der Waals surface area contributed by atoms with E-state index in [2.05, 4.69) is 9.84 Å². The fourth-order valence-corrected chi connectivity index (χ4v) is 3.47. The summed E-state index contributed by atoms with van der Waals surface area (Å²) in [5, 5.41) is 12.6. The SMILES string of the molecule is CCn1nc(C(=O)O)c(Cl)c1-c1ccc(C(=O)C2(C(F)(F)F)CC2)cc1OC(F)F. The minimum absolute atomic E-state index is 0.0804. The van der Waals surface area contributed by atoms with Crippen molar-refractivity contribution in [1.29, 1.82) is 0 Å². The van der Waals surface area contributed by atoms with Crippen molar-refractivity contribution in [2.45, 2.75) is 39.1 Å². The number of halogens is 6. The van der Waals surface area contributed by atoms with Crippen LogP contribution in [0.2, 0.25) is 5.02 Å². The molecule has 12 heteroatoms. The van der Waals surface area contributed by atoms with Gasteiger partial charge in [0.2, 0.25) is 0 Å². The van der Waals surface area contributed by atoms with Gasteiger partial charge in [-0.2, -0.15) is 27.1 Å². The van der Waals surface area contributed by atoms with Crippen molar-refractivity contribution < 1.29 is 41.4 Å². The van der Waals surface area contributed by atoms with Gasteiger partial charge in [0.1, 0.15) is 16.2 Å². The molecule has 1 aromatic heterocycles. The number of carbonyl (C=O) groups excluding carboxylic acids is 1. The molecule has 1 heterocycles. The van der Waals surface area contributed by atoms with E-state index in [1.54, 1.807) is 6.92 Å². The topological polar surface area (TPSA) is 81.4 Å². The summed E-state index contributed by atoms with van der Waals surface area (Å²) in [7, 11) is 0. The van der Waals surface area contributed by atoms with Crippen LogP contribution in [-0.4, -0.2) is 39.4 Å². The van der Waals surface area contributed by atoms with Gasteiger partial charge in [0.25, 0.3) is 0 Å². The number of benzene rings is 1. The summed E-state index contributed by atoms with van der Waals surface area (Å²) in [6.07, 6.45) is -5.55. The zero-order chi connectivity index (χ0) is 22.4. The van der Waals surface area contributed by atoms with Gasteiger partial charge in [-0.1, -0.05) is 17.7 Å². The van der Waals surface area contributed by atoms with Gasteiger partial charge < -0.3 is 9.84 Å². The smallest absolute Gasteiger partial charge is 0.401 e. The number of hydrogen-bond acceptors (Lipinski definition) is 4. The number of nitrogens with zero attached hydrogens (tertiary/aromatic N) is 2. The highest BCUT2D eigenvalue weighted by Crippen LogP contribution is 2.59. The molecule has 0 radical (unpaired) electrons. The maximum Gasteiger partial charge on any atom is 0.401 e. The summed E-state index contributed by atoms with van der Waals surface area (Å²) >= 11 is 6.07. The monoisotopic (exact) mass is 452 g/mol. The fraction of sp³-hybridized carbons (Fsp3) is 0.389. The first kappa shape index (κ1) is 22.0. The molecule has 0 unspecified atom stereocenters. The van der Waals surface area contributed by atoms with E-state index in [4.69, 9.17) is 11.6 Å². The number of carbonyl (C=O) groups is 2. The highest BCUT2D eigenvalue weighted by atomic mass is 35.5. The summed E-state index contributed by atoms with van der Waals surface area (Å²) in [6, 6.07) is 2.89. The number of ether oxygens (including phenoxy) is 1. The Morgan fingerprint density at radius 1 is 1.33 bits per heavy atom. The van der Waals surface area contributed by atoms with Gasteiger partial charge in [0, 0.05) is 17.7 Å². The van der Waals surface area contributed by atoms with E-state index in [9.17, 15) is 36.6 Å². The zero-order valence-electron chi connectivity index (χ0n) is 15.3. The number of aryl methyl sites for hydroxylation is 1. The number of Topliss-reactive ketones (excluding diaryl/α,β-unsaturated/α-hetero) is 1. The van der Waals surface area contributed by atoms with E-state index < -0.39 is 59.8 Å². The average Bonchev–Trinajstić information content (AvgIpc) is 3.40. The Hall–Kier alpha value is -2.69. The van der Waals surface area contributed by atoms with Crippen LogP contribution in [0.3, 0.4) is 0 Å². The van der Waals surface area contributed by atoms with E-state index in [1.807, 2.05) is 0 Å². The number of alkyl halides is 5. The molecule has 3 rings (SSSR count). The molecule has 0 amide bonds. The molecule has 0 bridgehead atoms. The quantitative estimate of drug-likeness (QED) is 0.470. The van der Waals surface area contributed by atoms with Gasteiger partial charge in [-0.25, -0.2) is 4.79 Å². The lowest BCUT2D eigenvalue weighted by Crippen LogP contribution is -2.32. The van der Waals surface area contributed by atoms with Crippen molar-refractivity contribution >= 4 is 23.4 Å². The average molecular weight is 453 g/mol. The second-order valence-corrected chi connectivity index (χ2v) is 7.01. The molecule has 1 fully saturated rings. The van der Waals surface area contributed by atoms with Crippen LogP contribution in [-0.2, 0) is 6.54 Å². The van der Waals surface area contributed by atoms with Gasteiger partial charge >= 0.3 is 18.8 Å². The van der Waals surface area contributed by atoms with Crippen molar-refractivity contribution in [2.24, 2.45) is 5.41 Å². The molecule has 162 valence electrons. The maximum atomic E-state index is 13.3. The van der Waals surface area contributed by atoms with Crippen LogP contribution >= 0.6 is 11.6 Å². The number of carboxylic acids is 1. The minimum Gasteiger partial charge on any atom is -0.476 e. The molecular formula is C18H14ClF5N2O4. The molecule has 1 saturated carbocycles.